The molecule has 1 aliphatic rings. The lowest BCUT2D eigenvalue weighted by Gasteiger charge is -2.23. The number of hydrogen-bond donors (Lipinski definition) is 2. The number of fused-ring (bicyclic) bond motifs is 1. The summed E-state index contributed by atoms with van der Waals surface area (Å²) < 4.78 is 1.37. The van der Waals surface area contributed by atoms with E-state index in [1.807, 2.05) is 0 Å². The van der Waals surface area contributed by atoms with Crippen LogP contribution in [-0.2, 0) is 0 Å². The lowest BCUT2D eigenvalue weighted by molar-refractivity contribution is 0.390. The van der Waals surface area contributed by atoms with Gasteiger partial charge in [-0.2, -0.15) is 0 Å². The van der Waals surface area contributed by atoms with Gasteiger partial charge >= 0.3 is 0 Å². The van der Waals surface area contributed by atoms with Gasteiger partial charge < -0.3 is 10.6 Å². The standard InChI is InChI=1S/C14H18N2S/c1-2-14-12(5-8-17-14)9-13(1)16-10-11-3-6-15-7-4-11/h1-2,5,8-9,11,15-16H,3-4,6-7,10H2. The van der Waals surface area contributed by atoms with Crippen LogP contribution < -0.4 is 10.6 Å². The smallest absolute Gasteiger partial charge is 0.0347 e. The summed E-state index contributed by atoms with van der Waals surface area (Å²) in [6, 6.07) is 8.85. The molecule has 17 heavy (non-hydrogen) atoms. The molecule has 1 saturated heterocycles. The van der Waals surface area contributed by atoms with Crippen LogP contribution in [0.5, 0.6) is 0 Å². The van der Waals surface area contributed by atoms with Crippen molar-refractivity contribution < 1.29 is 0 Å². The van der Waals surface area contributed by atoms with Gasteiger partial charge in [-0.1, -0.05) is 0 Å². The summed E-state index contributed by atoms with van der Waals surface area (Å²) >= 11 is 1.81. The predicted molar refractivity (Wildman–Crippen MR) is 75.9 cm³/mol. The molecule has 1 aliphatic heterocycles. The number of hydrogen-bond acceptors (Lipinski definition) is 3. The van der Waals surface area contributed by atoms with Crippen LogP contribution in [0.15, 0.2) is 29.6 Å². The third kappa shape index (κ3) is 2.61. The van der Waals surface area contributed by atoms with Gasteiger partial charge in [-0.05, 0) is 66.9 Å². The molecule has 3 rings (SSSR count). The van der Waals surface area contributed by atoms with Gasteiger partial charge in [0.15, 0.2) is 0 Å². The lowest BCUT2D eigenvalue weighted by Crippen LogP contribution is -2.31. The third-order valence-electron chi connectivity index (χ3n) is 3.51. The van der Waals surface area contributed by atoms with Crippen LogP contribution in [-0.4, -0.2) is 19.6 Å². The second kappa shape index (κ2) is 5.07. The Kier molecular flexibility index (Phi) is 3.29. The van der Waals surface area contributed by atoms with Crippen LogP contribution in [0, 0.1) is 5.92 Å². The minimum absolute atomic E-state index is 0.828. The molecule has 0 amide bonds. The maximum atomic E-state index is 3.57. The quantitative estimate of drug-likeness (QED) is 0.868. The van der Waals surface area contributed by atoms with Gasteiger partial charge in [-0.25, -0.2) is 0 Å². The Labute approximate surface area is 106 Å². The average molecular weight is 246 g/mol. The number of thiophene rings is 1. The van der Waals surface area contributed by atoms with Gasteiger partial charge in [-0.15, -0.1) is 11.3 Å². The van der Waals surface area contributed by atoms with E-state index in [1.165, 1.54) is 41.7 Å². The van der Waals surface area contributed by atoms with Crippen LogP contribution in [0.4, 0.5) is 5.69 Å². The van der Waals surface area contributed by atoms with Gasteiger partial charge in [0.25, 0.3) is 0 Å². The SMILES string of the molecule is c1cc2cc(NCC3CCNCC3)ccc2s1. The van der Waals surface area contributed by atoms with E-state index in [9.17, 15) is 0 Å². The molecular weight excluding hydrogens is 228 g/mol. The lowest BCUT2D eigenvalue weighted by atomic mass is 9.98. The van der Waals surface area contributed by atoms with Crippen molar-refractivity contribution in [2.75, 3.05) is 25.0 Å². The van der Waals surface area contributed by atoms with E-state index in [-0.39, 0.29) is 0 Å². The second-order valence-electron chi connectivity index (χ2n) is 4.75. The summed E-state index contributed by atoms with van der Waals surface area (Å²) in [5.74, 6) is 0.828. The zero-order valence-electron chi connectivity index (χ0n) is 9.91. The maximum absolute atomic E-state index is 3.57. The fraction of sp³-hybridized carbons (Fsp3) is 0.429. The van der Waals surface area contributed by atoms with Crippen molar-refractivity contribution in [3.63, 3.8) is 0 Å². The number of benzene rings is 1. The summed E-state index contributed by atoms with van der Waals surface area (Å²) in [6.45, 7) is 3.46. The predicted octanol–water partition coefficient (Wildman–Crippen LogP) is 3.31. The highest BCUT2D eigenvalue weighted by molar-refractivity contribution is 7.17. The van der Waals surface area contributed by atoms with Crippen LogP contribution in [0.25, 0.3) is 10.1 Å². The monoisotopic (exact) mass is 246 g/mol. The molecule has 3 heteroatoms. The Hall–Kier alpha value is -1.06. The highest BCUT2D eigenvalue weighted by Crippen LogP contribution is 2.24. The molecule has 1 fully saturated rings. The summed E-state index contributed by atoms with van der Waals surface area (Å²) in [4.78, 5) is 0. The van der Waals surface area contributed by atoms with E-state index in [1.54, 1.807) is 11.3 Å². The normalized spacial score (nSPS) is 17.4. The molecule has 0 bridgehead atoms. The molecule has 2 heterocycles. The molecule has 2 aromatic rings. The zero-order chi connectivity index (χ0) is 11.5. The minimum Gasteiger partial charge on any atom is -0.385 e. The molecule has 90 valence electrons. The molecule has 1 aromatic heterocycles. The van der Waals surface area contributed by atoms with Crippen LogP contribution >= 0.6 is 11.3 Å². The molecule has 0 aliphatic carbocycles. The first kappa shape index (κ1) is 11.1. The van der Waals surface area contributed by atoms with Gasteiger partial charge in [0.05, 0.1) is 0 Å². The first-order valence-corrected chi connectivity index (χ1v) is 7.21. The number of rotatable bonds is 3. The average Bonchev–Trinajstić information content (AvgIpc) is 2.85. The Balaban J connectivity index is 1.63. The fourth-order valence-electron chi connectivity index (χ4n) is 2.42. The Bertz CT molecular complexity index is 486. The van der Waals surface area contributed by atoms with Crippen molar-refractivity contribution >= 4 is 27.1 Å². The summed E-state index contributed by atoms with van der Waals surface area (Å²) in [6.07, 6.45) is 2.60. The second-order valence-corrected chi connectivity index (χ2v) is 5.70. The van der Waals surface area contributed by atoms with Crippen molar-refractivity contribution in [1.29, 1.82) is 0 Å². The number of nitrogens with one attached hydrogen (secondary N) is 2. The van der Waals surface area contributed by atoms with E-state index in [0.717, 1.165) is 12.5 Å². The minimum atomic E-state index is 0.828. The van der Waals surface area contributed by atoms with Gasteiger partial charge in [0, 0.05) is 16.9 Å². The molecule has 1 aromatic carbocycles. The van der Waals surface area contributed by atoms with Crippen LogP contribution in [0.2, 0.25) is 0 Å². The van der Waals surface area contributed by atoms with E-state index < -0.39 is 0 Å². The summed E-state index contributed by atoms with van der Waals surface area (Å²) in [7, 11) is 0. The van der Waals surface area contributed by atoms with Gasteiger partial charge in [0.1, 0.15) is 0 Å². The Morgan fingerprint density at radius 2 is 2.12 bits per heavy atom. The number of piperidine rings is 1. The fourth-order valence-corrected chi connectivity index (χ4v) is 3.20. The molecule has 0 radical (unpaired) electrons. The van der Waals surface area contributed by atoms with Crippen molar-refractivity contribution in [2.45, 2.75) is 12.8 Å². The van der Waals surface area contributed by atoms with E-state index in [4.69, 9.17) is 0 Å². The van der Waals surface area contributed by atoms with Crippen molar-refractivity contribution in [3.8, 4) is 0 Å². The highest BCUT2D eigenvalue weighted by atomic mass is 32.1. The van der Waals surface area contributed by atoms with Crippen molar-refractivity contribution in [2.24, 2.45) is 5.92 Å². The van der Waals surface area contributed by atoms with Gasteiger partial charge in [0.2, 0.25) is 0 Å². The summed E-state index contributed by atoms with van der Waals surface area (Å²) in [5, 5.41) is 10.5. The summed E-state index contributed by atoms with van der Waals surface area (Å²) in [5.41, 5.74) is 1.26. The maximum Gasteiger partial charge on any atom is 0.0347 e. The highest BCUT2D eigenvalue weighted by Gasteiger charge is 2.12. The first-order chi connectivity index (χ1) is 8.42. The molecular formula is C14H18N2S. The molecule has 2 N–H and O–H groups in total. The van der Waals surface area contributed by atoms with E-state index in [2.05, 4.69) is 40.3 Å². The van der Waals surface area contributed by atoms with Crippen LogP contribution in [0.3, 0.4) is 0 Å². The Morgan fingerprint density at radius 3 is 3.00 bits per heavy atom. The Morgan fingerprint density at radius 1 is 1.24 bits per heavy atom. The third-order valence-corrected chi connectivity index (χ3v) is 4.40. The van der Waals surface area contributed by atoms with Crippen LogP contribution in [0.1, 0.15) is 12.8 Å². The first-order valence-electron chi connectivity index (χ1n) is 6.34. The largest absolute Gasteiger partial charge is 0.385 e. The van der Waals surface area contributed by atoms with E-state index >= 15 is 0 Å². The molecule has 0 unspecified atom stereocenters. The van der Waals surface area contributed by atoms with Gasteiger partial charge in [-0.3, -0.25) is 0 Å². The van der Waals surface area contributed by atoms with Crippen molar-refractivity contribution in [1.82, 2.24) is 5.32 Å². The van der Waals surface area contributed by atoms with E-state index in [0.29, 0.717) is 0 Å². The molecule has 0 atom stereocenters. The zero-order valence-corrected chi connectivity index (χ0v) is 10.7. The molecule has 2 nitrogen and oxygen atoms in total. The topological polar surface area (TPSA) is 24.1 Å². The number of anilines is 1. The molecule has 0 saturated carbocycles. The van der Waals surface area contributed by atoms with Crippen molar-refractivity contribution in [3.05, 3.63) is 29.6 Å². The molecule has 0 spiro atoms.